The van der Waals surface area contributed by atoms with E-state index in [2.05, 4.69) is 19.9 Å². The summed E-state index contributed by atoms with van der Waals surface area (Å²) in [6.45, 7) is 4.90. The molecule has 2 saturated heterocycles. The molecule has 2 atom stereocenters. The molecule has 3 heteroatoms. The molecule has 0 N–H and O–H groups in total. The largest absolute Gasteiger partial charge is 0.374 e. The first kappa shape index (κ1) is 14.2. The number of hydrogen-bond donors (Lipinski definition) is 0. The molecule has 108 valence electrons. The Hall–Kier alpha value is -0.800. The summed E-state index contributed by atoms with van der Waals surface area (Å²) in [6.07, 6.45) is 2.89. The minimum Gasteiger partial charge on any atom is -0.374 e. The lowest BCUT2D eigenvalue weighted by atomic mass is 9.81. The van der Waals surface area contributed by atoms with E-state index in [1.165, 1.54) is 16.9 Å². The number of carbonyl (C=O) groups excluding carboxylic acids is 1. The average molecular weight is 290 g/mol. The van der Waals surface area contributed by atoms with Gasteiger partial charge in [0.25, 0.3) is 0 Å². The molecule has 3 rings (SSSR count). The molecule has 0 radical (unpaired) electrons. The molecule has 2 aliphatic heterocycles. The highest BCUT2D eigenvalue weighted by atomic mass is 32.2. The second-order valence-electron chi connectivity index (χ2n) is 6.19. The number of ketones is 1. The van der Waals surface area contributed by atoms with Gasteiger partial charge in [-0.15, -0.1) is 0 Å². The van der Waals surface area contributed by atoms with Crippen LogP contribution < -0.4 is 0 Å². The molecule has 0 bridgehead atoms. The summed E-state index contributed by atoms with van der Waals surface area (Å²) >= 11 is 1.96. The molecule has 2 fully saturated rings. The molecule has 0 aliphatic carbocycles. The Balaban J connectivity index is 1.77. The molecule has 1 aromatic carbocycles. The first-order valence-corrected chi connectivity index (χ1v) is 8.58. The molecular weight excluding hydrogens is 268 g/mol. The van der Waals surface area contributed by atoms with Crippen LogP contribution in [-0.4, -0.2) is 29.5 Å². The number of rotatable bonds is 2. The highest BCUT2D eigenvalue weighted by Gasteiger charge is 2.42. The minimum absolute atomic E-state index is 0.0109. The quantitative estimate of drug-likeness (QED) is 0.775. The van der Waals surface area contributed by atoms with Crippen molar-refractivity contribution in [2.75, 3.05) is 18.1 Å². The van der Waals surface area contributed by atoms with Crippen molar-refractivity contribution in [3.05, 3.63) is 34.9 Å². The number of carbonyl (C=O) groups is 1. The molecule has 2 nitrogen and oxygen atoms in total. The summed E-state index contributed by atoms with van der Waals surface area (Å²) in [6, 6.07) is 6.09. The third kappa shape index (κ3) is 2.66. The SMILES string of the molecule is Cc1ccc(C(=O)C2CCOC3(CCSC3)C2)cc1C. The number of thioether (sulfide) groups is 1. The minimum atomic E-state index is -0.0109. The van der Waals surface area contributed by atoms with Crippen LogP contribution in [0.5, 0.6) is 0 Å². The number of ether oxygens (including phenoxy) is 1. The molecule has 1 aromatic rings. The third-order valence-corrected chi connectivity index (χ3v) is 5.95. The standard InChI is InChI=1S/C17H22O2S/c1-12-3-4-14(9-13(12)2)16(18)15-5-7-19-17(10-15)6-8-20-11-17/h3-4,9,15H,5-8,10-11H2,1-2H3. The normalized spacial score (nSPS) is 29.8. The van der Waals surface area contributed by atoms with Crippen molar-refractivity contribution >= 4 is 17.5 Å². The van der Waals surface area contributed by atoms with Crippen LogP contribution in [0.2, 0.25) is 0 Å². The second-order valence-corrected chi connectivity index (χ2v) is 7.29. The maximum Gasteiger partial charge on any atom is 0.166 e. The fourth-order valence-electron chi connectivity index (χ4n) is 3.25. The predicted octanol–water partition coefficient (Wildman–Crippen LogP) is 3.79. The first-order valence-electron chi connectivity index (χ1n) is 7.43. The van der Waals surface area contributed by atoms with E-state index < -0.39 is 0 Å². The lowest BCUT2D eigenvalue weighted by Gasteiger charge is -2.37. The van der Waals surface area contributed by atoms with Crippen LogP contribution in [-0.2, 0) is 4.74 Å². The molecule has 2 heterocycles. The summed E-state index contributed by atoms with van der Waals surface area (Å²) in [4.78, 5) is 12.7. The van der Waals surface area contributed by atoms with Crippen LogP contribution >= 0.6 is 11.8 Å². The molecule has 0 saturated carbocycles. The van der Waals surface area contributed by atoms with Gasteiger partial charge in [0.2, 0.25) is 0 Å². The van der Waals surface area contributed by atoms with Gasteiger partial charge in [0.05, 0.1) is 5.60 Å². The van der Waals surface area contributed by atoms with E-state index in [-0.39, 0.29) is 11.5 Å². The first-order chi connectivity index (χ1) is 9.60. The summed E-state index contributed by atoms with van der Waals surface area (Å²) in [5.41, 5.74) is 3.32. The second kappa shape index (κ2) is 5.53. The number of Topliss-reactive ketones (excluding diaryl/α,β-unsaturated/α-hetero) is 1. The maximum atomic E-state index is 12.7. The zero-order valence-corrected chi connectivity index (χ0v) is 13.1. The van der Waals surface area contributed by atoms with Gasteiger partial charge in [-0.1, -0.05) is 12.1 Å². The highest BCUT2D eigenvalue weighted by Crippen LogP contribution is 2.41. The molecular formula is C17H22O2S. The molecule has 2 unspecified atom stereocenters. The number of benzene rings is 1. The monoisotopic (exact) mass is 290 g/mol. The van der Waals surface area contributed by atoms with Gasteiger partial charge >= 0.3 is 0 Å². The van der Waals surface area contributed by atoms with Gasteiger partial charge in [-0.25, -0.2) is 0 Å². The summed E-state index contributed by atoms with van der Waals surface area (Å²) in [5.74, 6) is 2.69. The predicted molar refractivity (Wildman–Crippen MR) is 83.6 cm³/mol. The van der Waals surface area contributed by atoms with Crippen molar-refractivity contribution in [1.29, 1.82) is 0 Å². The molecule has 2 aliphatic rings. The van der Waals surface area contributed by atoms with Crippen LogP contribution in [0.25, 0.3) is 0 Å². The lowest BCUT2D eigenvalue weighted by molar-refractivity contribution is -0.0734. The van der Waals surface area contributed by atoms with Crippen LogP contribution in [0.1, 0.15) is 40.7 Å². The van der Waals surface area contributed by atoms with E-state index in [1.54, 1.807) is 0 Å². The van der Waals surface area contributed by atoms with E-state index >= 15 is 0 Å². The Labute approximate surface area is 125 Å². The van der Waals surface area contributed by atoms with Gasteiger partial charge in [-0.05, 0) is 56.1 Å². The van der Waals surface area contributed by atoms with E-state index in [1.807, 2.05) is 23.9 Å². The van der Waals surface area contributed by atoms with Gasteiger partial charge in [0.15, 0.2) is 5.78 Å². The van der Waals surface area contributed by atoms with Crippen LogP contribution in [0.15, 0.2) is 18.2 Å². The smallest absolute Gasteiger partial charge is 0.166 e. The highest BCUT2D eigenvalue weighted by molar-refractivity contribution is 7.99. The lowest BCUT2D eigenvalue weighted by Crippen LogP contribution is -2.42. The van der Waals surface area contributed by atoms with Gasteiger partial charge in [0.1, 0.15) is 0 Å². The third-order valence-electron chi connectivity index (χ3n) is 4.72. The van der Waals surface area contributed by atoms with Crippen molar-refractivity contribution in [3.63, 3.8) is 0 Å². The Morgan fingerprint density at radius 3 is 2.90 bits per heavy atom. The Kier molecular flexibility index (Phi) is 3.91. The van der Waals surface area contributed by atoms with Crippen molar-refractivity contribution in [2.45, 2.75) is 38.7 Å². The van der Waals surface area contributed by atoms with E-state index in [4.69, 9.17) is 4.74 Å². The Morgan fingerprint density at radius 1 is 1.35 bits per heavy atom. The Bertz CT molecular complexity index is 518. The van der Waals surface area contributed by atoms with Crippen molar-refractivity contribution in [3.8, 4) is 0 Å². The fraction of sp³-hybridized carbons (Fsp3) is 0.588. The average Bonchev–Trinajstić information content (AvgIpc) is 2.89. The van der Waals surface area contributed by atoms with Gasteiger partial charge in [-0.2, -0.15) is 11.8 Å². The van der Waals surface area contributed by atoms with Gasteiger partial charge in [0, 0.05) is 23.8 Å². The van der Waals surface area contributed by atoms with Gasteiger partial charge in [-0.3, -0.25) is 4.79 Å². The topological polar surface area (TPSA) is 26.3 Å². The molecule has 0 amide bonds. The van der Waals surface area contributed by atoms with Gasteiger partial charge < -0.3 is 4.74 Å². The zero-order chi connectivity index (χ0) is 14.2. The molecule has 0 aromatic heterocycles. The van der Waals surface area contributed by atoms with Crippen LogP contribution in [0.3, 0.4) is 0 Å². The zero-order valence-electron chi connectivity index (χ0n) is 12.3. The fourth-order valence-corrected chi connectivity index (χ4v) is 4.62. The summed E-state index contributed by atoms with van der Waals surface area (Å²) < 4.78 is 6.01. The van der Waals surface area contributed by atoms with E-state index in [0.717, 1.165) is 37.2 Å². The molecule has 1 spiro atoms. The Morgan fingerprint density at radius 2 is 2.20 bits per heavy atom. The summed E-state index contributed by atoms with van der Waals surface area (Å²) in [7, 11) is 0. The number of aryl methyl sites for hydroxylation is 2. The summed E-state index contributed by atoms with van der Waals surface area (Å²) in [5, 5.41) is 0. The van der Waals surface area contributed by atoms with Crippen LogP contribution in [0.4, 0.5) is 0 Å². The van der Waals surface area contributed by atoms with Crippen molar-refractivity contribution in [1.82, 2.24) is 0 Å². The maximum absolute atomic E-state index is 12.7. The number of hydrogen-bond acceptors (Lipinski definition) is 3. The molecule has 20 heavy (non-hydrogen) atoms. The van der Waals surface area contributed by atoms with E-state index in [9.17, 15) is 4.79 Å². The van der Waals surface area contributed by atoms with E-state index in [0.29, 0.717) is 5.78 Å². The van der Waals surface area contributed by atoms with Crippen molar-refractivity contribution < 1.29 is 9.53 Å². The van der Waals surface area contributed by atoms with Crippen molar-refractivity contribution in [2.24, 2.45) is 5.92 Å². The van der Waals surface area contributed by atoms with Crippen LogP contribution in [0, 0.1) is 19.8 Å².